The molecule has 0 unspecified atom stereocenters. The predicted octanol–water partition coefficient (Wildman–Crippen LogP) is 3.59. The van der Waals surface area contributed by atoms with Crippen molar-refractivity contribution < 1.29 is 13.2 Å². The highest BCUT2D eigenvalue weighted by molar-refractivity contribution is 7.89. The molecular weight excluding hydrogens is 368 g/mol. The first-order chi connectivity index (χ1) is 12.5. The molecule has 3 rings (SSSR count). The van der Waals surface area contributed by atoms with Gasteiger partial charge in [0.15, 0.2) is 0 Å². The molecule has 1 aromatic heterocycles. The second kappa shape index (κ2) is 8.33. The van der Waals surface area contributed by atoms with Gasteiger partial charge in [0.2, 0.25) is 0 Å². The van der Waals surface area contributed by atoms with Crippen molar-refractivity contribution in [3.05, 3.63) is 51.2 Å². The Kier molecular flexibility index (Phi) is 6.11. The number of hydrogen-bond donors (Lipinski definition) is 2. The molecule has 1 amide bonds. The summed E-state index contributed by atoms with van der Waals surface area (Å²) >= 11 is 1.46. The molecule has 1 aliphatic carbocycles. The van der Waals surface area contributed by atoms with Crippen LogP contribution >= 0.6 is 11.3 Å². The lowest BCUT2D eigenvalue weighted by Crippen LogP contribution is -2.41. The molecule has 0 atom stereocenters. The van der Waals surface area contributed by atoms with E-state index in [0.717, 1.165) is 44.1 Å². The van der Waals surface area contributed by atoms with Crippen LogP contribution in [0.15, 0.2) is 35.2 Å². The highest BCUT2D eigenvalue weighted by atomic mass is 32.2. The molecule has 1 aromatic carbocycles. The quantitative estimate of drug-likeness (QED) is 0.583. The molecule has 0 saturated carbocycles. The van der Waals surface area contributed by atoms with E-state index >= 15 is 0 Å². The summed E-state index contributed by atoms with van der Waals surface area (Å²) in [5.41, 5.74) is 4.66. The van der Waals surface area contributed by atoms with Crippen LogP contribution in [0, 0.1) is 0 Å². The standard InChI is InChI=1S/C19H24N2O3S2/c1-2-6-14-9-11-16(12-10-14)26(23,24)21-20-19(22)18-13-15-7-4-3-5-8-17(15)25-18/h9-13,21H,2-8H2,1H3,(H,20,22). The molecule has 1 heterocycles. The van der Waals surface area contributed by atoms with E-state index < -0.39 is 15.9 Å². The third-order valence-corrected chi connectivity index (χ3v) is 7.04. The van der Waals surface area contributed by atoms with Crippen LogP contribution in [0.4, 0.5) is 0 Å². The minimum atomic E-state index is -3.78. The number of hydrazine groups is 1. The van der Waals surface area contributed by atoms with Gasteiger partial charge in [-0.3, -0.25) is 10.2 Å². The molecule has 0 bridgehead atoms. The molecule has 1 aliphatic rings. The van der Waals surface area contributed by atoms with E-state index in [2.05, 4.69) is 17.2 Å². The number of thiophene rings is 1. The van der Waals surface area contributed by atoms with E-state index in [1.54, 1.807) is 24.3 Å². The van der Waals surface area contributed by atoms with Gasteiger partial charge in [0.25, 0.3) is 15.9 Å². The van der Waals surface area contributed by atoms with Gasteiger partial charge in [-0.1, -0.05) is 31.9 Å². The molecule has 0 saturated heterocycles. The Morgan fingerprint density at radius 2 is 1.85 bits per heavy atom. The summed E-state index contributed by atoms with van der Waals surface area (Å²) < 4.78 is 24.7. The summed E-state index contributed by atoms with van der Waals surface area (Å²) in [5, 5.41) is 0. The van der Waals surface area contributed by atoms with Crippen LogP contribution in [0.3, 0.4) is 0 Å². The van der Waals surface area contributed by atoms with Gasteiger partial charge in [0, 0.05) is 4.88 Å². The maximum absolute atomic E-state index is 12.4. The smallest absolute Gasteiger partial charge is 0.273 e. The number of nitrogens with one attached hydrogen (secondary N) is 2. The Bertz CT molecular complexity index is 847. The number of rotatable bonds is 6. The summed E-state index contributed by atoms with van der Waals surface area (Å²) in [5.74, 6) is -0.408. The van der Waals surface area contributed by atoms with Gasteiger partial charge < -0.3 is 0 Å². The maximum atomic E-state index is 12.4. The zero-order valence-electron chi connectivity index (χ0n) is 14.9. The van der Waals surface area contributed by atoms with Crippen molar-refractivity contribution in [1.29, 1.82) is 0 Å². The van der Waals surface area contributed by atoms with Gasteiger partial charge in [-0.25, -0.2) is 8.42 Å². The van der Waals surface area contributed by atoms with Crippen LogP contribution in [-0.4, -0.2) is 14.3 Å². The zero-order valence-corrected chi connectivity index (χ0v) is 16.5. The first kappa shape index (κ1) is 19.1. The fraction of sp³-hybridized carbons (Fsp3) is 0.421. The Hall–Kier alpha value is -1.70. The largest absolute Gasteiger partial charge is 0.276 e. The second-order valence-electron chi connectivity index (χ2n) is 6.57. The monoisotopic (exact) mass is 392 g/mol. The van der Waals surface area contributed by atoms with Gasteiger partial charge in [0.05, 0.1) is 9.77 Å². The summed E-state index contributed by atoms with van der Waals surface area (Å²) in [4.78, 5) is 16.5. The Labute approximate surface area is 158 Å². The fourth-order valence-electron chi connectivity index (χ4n) is 3.14. The van der Waals surface area contributed by atoms with Crippen molar-refractivity contribution in [1.82, 2.24) is 10.3 Å². The number of hydrogen-bond acceptors (Lipinski definition) is 4. The fourth-order valence-corrected chi connectivity index (χ4v) is 5.13. The zero-order chi connectivity index (χ0) is 18.6. The number of carbonyl (C=O) groups excluding carboxylic acids is 1. The molecule has 0 aliphatic heterocycles. The molecule has 140 valence electrons. The molecule has 7 heteroatoms. The average Bonchev–Trinajstić information content (AvgIpc) is 2.91. The molecule has 0 radical (unpaired) electrons. The number of sulfonamides is 1. The molecule has 0 fully saturated rings. The number of amides is 1. The second-order valence-corrected chi connectivity index (χ2v) is 9.39. The predicted molar refractivity (Wildman–Crippen MR) is 104 cm³/mol. The third-order valence-electron chi connectivity index (χ3n) is 4.54. The van der Waals surface area contributed by atoms with E-state index in [-0.39, 0.29) is 4.90 Å². The van der Waals surface area contributed by atoms with Crippen molar-refractivity contribution in [2.75, 3.05) is 0 Å². The normalized spacial score (nSPS) is 14.5. The number of fused-ring (bicyclic) bond motifs is 1. The van der Waals surface area contributed by atoms with E-state index in [0.29, 0.717) is 4.88 Å². The van der Waals surface area contributed by atoms with Gasteiger partial charge in [-0.05, 0) is 61.4 Å². The number of carbonyl (C=O) groups is 1. The van der Waals surface area contributed by atoms with Crippen LogP contribution in [0.2, 0.25) is 0 Å². The Balaban J connectivity index is 1.64. The SMILES string of the molecule is CCCc1ccc(S(=O)(=O)NNC(=O)c2cc3c(s2)CCCCC3)cc1. The topological polar surface area (TPSA) is 75.3 Å². The molecular formula is C19H24N2O3S2. The van der Waals surface area contributed by atoms with E-state index in [4.69, 9.17) is 0 Å². The van der Waals surface area contributed by atoms with Gasteiger partial charge in [0.1, 0.15) is 0 Å². The number of aryl methyl sites for hydroxylation is 3. The van der Waals surface area contributed by atoms with Crippen molar-refractivity contribution in [2.24, 2.45) is 0 Å². The lowest BCUT2D eigenvalue weighted by Gasteiger charge is -2.08. The molecule has 2 N–H and O–H groups in total. The molecule has 26 heavy (non-hydrogen) atoms. The average molecular weight is 393 g/mol. The first-order valence-electron chi connectivity index (χ1n) is 9.02. The summed E-state index contributed by atoms with van der Waals surface area (Å²) in [6, 6.07) is 8.63. The van der Waals surface area contributed by atoms with Gasteiger partial charge in [-0.2, -0.15) is 0 Å². The van der Waals surface area contributed by atoms with Gasteiger partial charge in [-0.15, -0.1) is 16.2 Å². The minimum Gasteiger partial charge on any atom is -0.273 e. The van der Waals surface area contributed by atoms with Crippen molar-refractivity contribution in [2.45, 2.75) is 56.8 Å². The number of benzene rings is 1. The summed E-state index contributed by atoms with van der Waals surface area (Å²) in [6.45, 7) is 2.08. The van der Waals surface area contributed by atoms with Crippen molar-refractivity contribution in [3.63, 3.8) is 0 Å². The minimum absolute atomic E-state index is 0.139. The highest BCUT2D eigenvalue weighted by Gasteiger charge is 2.19. The molecule has 2 aromatic rings. The third kappa shape index (κ3) is 4.52. The first-order valence-corrected chi connectivity index (χ1v) is 11.3. The Morgan fingerprint density at radius 1 is 1.12 bits per heavy atom. The van der Waals surface area contributed by atoms with Crippen LogP contribution in [0.1, 0.15) is 58.3 Å². The van der Waals surface area contributed by atoms with Crippen LogP contribution in [-0.2, 0) is 29.3 Å². The summed E-state index contributed by atoms with van der Waals surface area (Å²) in [7, 11) is -3.78. The van der Waals surface area contributed by atoms with Crippen molar-refractivity contribution >= 4 is 27.3 Å². The van der Waals surface area contributed by atoms with E-state index in [9.17, 15) is 13.2 Å². The lowest BCUT2D eigenvalue weighted by molar-refractivity contribution is 0.0949. The van der Waals surface area contributed by atoms with Gasteiger partial charge >= 0.3 is 0 Å². The van der Waals surface area contributed by atoms with Crippen molar-refractivity contribution in [3.8, 4) is 0 Å². The maximum Gasteiger partial charge on any atom is 0.276 e. The molecule has 0 spiro atoms. The highest BCUT2D eigenvalue weighted by Crippen LogP contribution is 2.28. The Morgan fingerprint density at radius 3 is 2.58 bits per heavy atom. The molecule has 5 nitrogen and oxygen atoms in total. The summed E-state index contributed by atoms with van der Waals surface area (Å²) in [6.07, 6.45) is 7.43. The lowest BCUT2D eigenvalue weighted by atomic mass is 10.1. The van der Waals surface area contributed by atoms with E-state index in [1.807, 2.05) is 6.07 Å². The van der Waals surface area contributed by atoms with E-state index in [1.165, 1.54) is 28.2 Å². The van der Waals surface area contributed by atoms with Crippen LogP contribution in [0.5, 0.6) is 0 Å². The van der Waals surface area contributed by atoms with Crippen LogP contribution < -0.4 is 10.3 Å². The van der Waals surface area contributed by atoms with Crippen LogP contribution in [0.25, 0.3) is 0 Å².